The number of carbonyl (C=O) groups excluding carboxylic acids is 1. The molecule has 0 saturated carbocycles. The molecule has 0 fully saturated rings. The molecule has 0 aliphatic rings. The SMILES string of the molecule is CC(=O)C(N)CCC(C)C. The Morgan fingerprint density at radius 1 is 1.40 bits per heavy atom. The molecule has 0 aliphatic carbocycles. The lowest BCUT2D eigenvalue weighted by molar-refractivity contribution is -0.118. The van der Waals surface area contributed by atoms with E-state index < -0.39 is 0 Å². The molecule has 0 rings (SSSR count). The Bertz CT molecular complexity index is 110. The zero-order valence-electron chi connectivity index (χ0n) is 7.05. The Labute approximate surface area is 62.8 Å². The van der Waals surface area contributed by atoms with E-state index in [2.05, 4.69) is 13.8 Å². The standard InChI is InChI=1S/C8H17NO/c1-6(2)4-5-8(9)7(3)10/h6,8H,4-5,9H2,1-3H3. The fraction of sp³-hybridized carbons (Fsp3) is 0.875. The van der Waals surface area contributed by atoms with E-state index in [1.807, 2.05) is 0 Å². The first-order valence-electron chi connectivity index (χ1n) is 3.80. The third kappa shape index (κ3) is 4.50. The lowest BCUT2D eigenvalue weighted by Crippen LogP contribution is -2.28. The van der Waals surface area contributed by atoms with Gasteiger partial charge in [0.25, 0.3) is 0 Å². The largest absolute Gasteiger partial charge is 0.322 e. The summed E-state index contributed by atoms with van der Waals surface area (Å²) in [6, 6.07) is -0.234. The van der Waals surface area contributed by atoms with E-state index in [1.165, 1.54) is 0 Å². The van der Waals surface area contributed by atoms with Crippen molar-refractivity contribution in [2.24, 2.45) is 11.7 Å². The van der Waals surface area contributed by atoms with E-state index in [-0.39, 0.29) is 11.8 Å². The maximum atomic E-state index is 10.6. The number of ketones is 1. The van der Waals surface area contributed by atoms with Crippen molar-refractivity contribution in [3.05, 3.63) is 0 Å². The van der Waals surface area contributed by atoms with Crippen molar-refractivity contribution in [3.8, 4) is 0 Å². The highest BCUT2D eigenvalue weighted by Crippen LogP contribution is 2.05. The number of hydrogen-bond donors (Lipinski definition) is 1. The Kier molecular flexibility index (Phi) is 4.28. The van der Waals surface area contributed by atoms with Gasteiger partial charge in [-0.25, -0.2) is 0 Å². The minimum atomic E-state index is -0.234. The molecule has 60 valence electrons. The highest BCUT2D eigenvalue weighted by atomic mass is 16.1. The molecule has 0 bridgehead atoms. The Hall–Kier alpha value is -0.370. The quantitative estimate of drug-likeness (QED) is 0.645. The van der Waals surface area contributed by atoms with Crippen molar-refractivity contribution < 1.29 is 4.79 Å². The van der Waals surface area contributed by atoms with Crippen molar-refractivity contribution in [2.75, 3.05) is 0 Å². The van der Waals surface area contributed by atoms with Gasteiger partial charge < -0.3 is 5.73 Å². The molecule has 2 heteroatoms. The number of rotatable bonds is 4. The number of Topliss-reactive ketones (excluding diaryl/α,β-unsaturated/α-hetero) is 1. The van der Waals surface area contributed by atoms with E-state index in [1.54, 1.807) is 6.92 Å². The number of nitrogens with two attached hydrogens (primary N) is 1. The summed E-state index contributed by atoms with van der Waals surface area (Å²) in [5, 5.41) is 0. The van der Waals surface area contributed by atoms with Crippen LogP contribution in [0.4, 0.5) is 0 Å². The van der Waals surface area contributed by atoms with Gasteiger partial charge in [0.1, 0.15) is 5.78 Å². The summed E-state index contributed by atoms with van der Waals surface area (Å²) in [5.74, 6) is 0.742. The molecule has 0 aromatic carbocycles. The van der Waals surface area contributed by atoms with Crippen LogP contribution >= 0.6 is 0 Å². The molecule has 0 aromatic rings. The normalized spacial score (nSPS) is 13.7. The van der Waals surface area contributed by atoms with Gasteiger partial charge >= 0.3 is 0 Å². The van der Waals surface area contributed by atoms with Gasteiger partial charge in [0, 0.05) is 0 Å². The van der Waals surface area contributed by atoms with Crippen LogP contribution in [-0.4, -0.2) is 11.8 Å². The van der Waals surface area contributed by atoms with Crippen LogP contribution in [-0.2, 0) is 4.79 Å². The van der Waals surface area contributed by atoms with Gasteiger partial charge in [0.2, 0.25) is 0 Å². The second-order valence-electron chi connectivity index (χ2n) is 3.19. The molecular weight excluding hydrogens is 126 g/mol. The summed E-state index contributed by atoms with van der Waals surface area (Å²) in [6.07, 6.45) is 1.87. The number of carbonyl (C=O) groups is 1. The van der Waals surface area contributed by atoms with E-state index >= 15 is 0 Å². The van der Waals surface area contributed by atoms with Crippen molar-refractivity contribution >= 4 is 5.78 Å². The molecule has 1 unspecified atom stereocenters. The molecule has 10 heavy (non-hydrogen) atoms. The van der Waals surface area contributed by atoms with Crippen LogP contribution < -0.4 is 5.73 Å². The average molecular weight is 143 g/mol. The van der Waals surface area contributed by atoms with Crippen LogP contribution in [0.15, 0.2) is 0 Å². The van der Waals surface area contributed by atoms with Crippen LogP contribution in [0, 0.1) is 5.92 Å². The van der Waals surface area contributed by atoms with Gasteiger partial charge in [-0.15, -0.1) is 0 Å². The fourth-order valence-electron chi connectivity index (χ4n) is 0.716. The summed E-state index contributed by atoms with van der Waals surface area (Å²) in [6.45, 7) is 5.81. The van der Waals surface area contributed by atoms with Gasteiger partial charge in [-0.3, -0.25) is 4.79 Å². The molecule has 0 radical (unpaired) electrons. The average Bonchev–Trinajstić information content (AvgIpc) is 1.82. The lowest BCUT2D eigenvalue weighted by atomic mass is 10.0. The monoisotopic (exact) mass is 143 g/mol. The van der Waals surface area contributed by atoms with E-state index in [0.29, 0.717) is 5.92 Å². The first kappa shape index (κ1) is 9.63. The Balaban J connectivity index is 3.40. The van der Waals surface area contributed by atoms with Gasteiger partial charge in [0.15, 0.2) is 0 Å². The third-order valence-electron chi connectivity index (χ3n) is 1.58. The predicted molar refractivity (Wildman–Crippen MR) is 42.7 cm³/mol. The minimum absolute atomic E-state index is 0.0978. The van der Waals surface area contributed by atoms with E-state index in [0.717, 1.165) is 12.8 Å². The molecule has 0 saturated heterocycles. The molecule has 0 aromatic heterocycles. The highest BCUT2D eigenvalue weighted by molar-refractivity contribution is 5.80. The van der Waals surface area contributed by atoms with E-state index in [9.17, 15) is 4.79 Å². The highest BCUT2D eigenvalue weighted by Gasteiger charge is 2.07. The van der Waals surface area contributed by atoms with Gasteiger partial charge in [-0.05, 0) is 25.7 Å². The minimum Gasteiger partial charge on any atom is -0.322 e. The Morgan fingerprint density at radius 3 is 2.20 bits per heavy atom. The number of hydrogen-bond acceptors (Lipinski definition) is 2. The zero-order chi connectivity index (χ0) is 8.15. The molecule has 0 aliphatic heterocycles. The predicted octanol–water partition coefficient (Wildman–Crippen LogP) is 1.34. The summed E-state index contributed by atoms with van der Waals surface area (Å²) >= 11 is 0. The molecular formula is C8H17NO. The van der Waals surface area contributed by atoms with Crippen LogP contribution in [0.2, 0.25) is 0 Å². The summed E-state index contributed by atoms with van der Waals surface area (Å²) in [5.41, 5.74) is 5.52. The second-order valence-corrected chi connectivity index (χ2v) is 3.19. The molecule has 0 heterocycles. The van der Waals surface area contributed by atoms with Gasteiger partial charge in [-0.2, -0.15) is 0 Å². The molecule has 0 amide bonds. The smallest absolute Gasteiger partial charge is 0.146 e. The van der Waals surface area contributed by atoms with Gasteiger partial charge in [0.05, 0.1) is 6.04 Å². The first-order valence-corrected chi connectivity index (χ1v) is 3.80. The Morgan fingerprint density at radius 2 is 1.90 bits per heavy atom. The van der Waals surface area contributed by atoms with Crippen LogP contribution in [0.1, 0.15) is 33.6 Å². The fourth-order valence-corrected chi connectivity index (χ4v) is 0.716. The van der Waals surface area contributed by atoms with Crippen molar-refractivity contribution in [1.29, 1.82) is 0 Å². The van der Waals surface area contributed by atoms with Crippen LogP contribution in [0.3, 0.4) is 0 Å². The van der Waals surface area contributed by atoms with Crippen molar-refractivity contribution in [3.63, 3.8) is 0 Å². The first-order chi connectivity index (χ1) is 4.54. The van der Waals surface area contributed by atoms with Gasteiger partial charge in [-0.1, -0.05) is 13.8 Å². The molecule has 0 spiro atoms. The van der Waals surface area contributed by atoms with Crippen molar-refractivity contribution in [2.45, 2.75) is 39.7 Å². The lowest BCUT2D eigenvalue weighted by Gasteiger charge is -2.08. The molecule has 2 nitrogen and oxygen atoms in total. The summed E-state index contributed by atoms with van der Waals surface area (Å²) in [4.78, 5) is 10.6. The summed E-state index contributed by atoms with van der Waals surface area (Å²) < 4.78 is 0. The maximum Gasteiger partial charge on any atom is 0.146 e. The second kappa shape index (κ2) is 4.45. The molecule has 2 N–H and O–H groups in total. The van der Waals surface area contributed by atoms with E-state index in [4.69, 9.17) is 5.73 Å². The van der Waals surface area contributed by atoms with Crippen LogP contribution in [0.25, 0.3) is 0 Å². The third-order valence-corrected chi connectivity index (χ3v) is 1.58. The summed E-state index contributed by atoms with van der Waals surface area (Å²) in [7, 11) is 0. The zero-order valence-corrected chi connectivity index (χ0v) is 7.05. The molecule has 1 atom stereocenters. The van der Waals surface area contributed by atoms with Crippen LogP contribution in [0.5, 0.6) is 0 Å². The maximum absolute atomic E-state index is 10.6. The van der Waals surface area contributed by atoms with Crippen molar-refractivity contribution in [1.82, 2.24) is 0 Å². The topological polar surface area (TPSA) is 43.1 Å².